The molecule has 0 nitrogen and oxygen atoms in total. The van der Waals surface area contributed by atoms with Crippen LogP contribution < -0.4 is 0 Å². The summed E-state index contributed by atoms with van der Waals surface area (Å²) in [6.45, 7) is 8.60. The van der Waals surface area contributed by atoms with Crippen LogP contribution in [0.5, 0.6) is 0 Å². The predicted molar refractivity (Wildman–Crippen MR) is 217 cm³/mol. The maximum Gasteiger partial charge on any atom is -0.00266 e. The van der Waals surface area contributed by atoms with Crippen molar-refractivity contribution in [2.75, 3.05) is 0 Å². The molecule has 0 aliphatic rings. The minimum Gasteiger partial charge on any atom is -0.0984 e. The van der Waals surface area contributed by atoms with E-state index < -0.39 is 0 Å². The summed E-state index contributed by atoms with van der Waals surface area (Å²) in [5.41, 5.74) is 16.5. The van der Waals surface area contributed by atoms with Crippen molar-refractivity contribution in [3.8, 4) is 66.8 Å². The quantitative estimate of drug-likeness (QED) is 0.156. The number of benzene rings is 8. The molecular weight excluding hydrogens is 601 g/mol. The van der Waals surface area contributed by atoms with E-state index in [1.54, 1.807) is 0 Å². The molecule has 0 amide bonds. The molecule has 0 heterocycles. The Morgan fingerprint density at radius 1 is 0.240 bits per heavy atom. The summed E-state index contributed by atoms with van der Waals surface area (Å²) in [5.74, 6) is 0. The van der Waals surface area contributed by atoms with E-state index in [1.165, 1.54) is 66.4 Å². The second-order valence-electron chi connectivity index (χ2n) is 12.6. The maximum atomic E-state index is 4.30. The number of rotatable bonds is 8. The molecular formula is C50H36. The normalized spacial score (nSPS) is 11.0. The Kier molecular flexibility index (Phi) is 8.35. The zero-order chi connectivity index (χ0) is 33.9. The van der Waals surface area contributed by atoms with Gasteiger partial charge in [-0.25, -0.2) is 0 Å². The molecule has 236 valence electrons. The number of hydrogen-bond donors (Lipinski definition) is 0. The van der Waals surface area contributed by atoms with E-state index in [2.05, 4.69) is 195 Å². The Hall–Kier alpha value is -6.50. The molecule has 0 N–H and O–H groups in total. The van der Waals surface area contributed by atoms with E-state index in [4.69, 9.17) is 0 Å². The highest BCUT2D eigenvalue weighted by atomic mass is 14.2. The van der Waals surface area contributed by atoms with Crippen molar-refractivity contribution in [2.24, 2.45) is 0 Å². The van der Waals surface area contributed by atoms with Crippen LogP contribution in [-0.4, -0.2) is 0 Å². The van der Waals surface area contributed by atoms with Gasteiger partial charge in [-0.1, -0.05) is 207 Å². The molecule has 0 heteroatoms. The van der Waals surface area contributed by atoms with Gasteiger partial charge >= 0.3 is 0 Å². The molecule has 0 spiro atoms. The zero-order valence-electron chi connectivity index (χ0n) is 27.9. The lowest BCUT2D eigenvalue weighted by molar-refractivity contribution is 1.56. The van der Waals surface area contributed by atoms with Gasteiger partial charge in [-0.3, -0.25) is 0 Å². The summed E-state index contributed by atoms with van der Waals surface area (Å²) in [7, 11) is 0. The van der Waals surface area contributed by atoms with Crippen LogP contribution in [0.15, 0.2) is 195 Å². The van der Waals surface area contributed by atoms with Gasteiger partial charge < -0.3 is 0 Å². The summed E-state index contributed by atoms with van der Waals surface area (Å²) in [6, 6.07) is 65.2. The monoisotopic (exact) mass is 636 g/mol. The van der Waals surface area contributed by atoms with Gasteiger partial charge in [0.15, 0.2) is 0 Å². The molecule has 8 aromatic rings. The van der Waals surface area contributed by atoms with Crippen LogP contribution in [-0.2, 0) is 0 Å². The molecule has 0 aromatic heterocycles. The summed E-state index contributed by atoms with van der Waals surface area (Å²) in [4.78, 5) is 0. The highest BCUT2D eigenvalue weighted by Gasteiger charge is 2.19. The maximum absolute atomic E-state index is 4.30. The lowest BCUT2D eigenvalue weighted by atomic mass is 9.83. The molecule has 0 bridgehead atoms. The van der Waals surface area contributed by atoms with Crippen molar-refractivity contribution in [1.82, 2.24) is 0 Å². The fraction of sp³-hybridized carbons (Fsp3) is 0. The topological polar surface area (TPSA) is 0 Å². The first-order chi connectivity index (χ1) is 24.7. The van der Waals surface area contributed by atoms with Gasteiger partial charge in [0.1, 0.15) is 0 Å². The van der Waals surface area contributed by atoms with E-state index in [0.29, 0.717) is 0 Å². The Balaban J connectivity index is 1.15. The van der Waals surface area contributed by atoms with E-state index in [1.807, 2.05) is 12.2 Å². The minimum atomic E-state index is 1.09. The Morgan fingerprint density at radius 2 is 0.460 bits per heavy atom. The second kappa shape index (κ2) is 13.5. The molecule has 50 heavy (non-hydrogen) atoms. The van der Waals surface area contributed by atoms with Crippen molar-refractivity contribution < 1.29 is 0 Å². The van der Waals surface area contributed by atoms with Crippen molar-refractivity contribution in [3.05, 3.63) is 206 Å². The summed E-state index contributed by atoms with van der Waals surface area (Å²) in [6.07, 6.45) is 3.97. The van der Waals surface area contributed by atoms with Crippen molar-refractivity contribution >= 4 is 22.9 Å². The van der Waals surface area contributed by atoms with Crippen LogP contribution in [0.4, 0.5) is 0 Å². The Bertz CT molecular complexity index is 2250. The van der Waals surface area contributed by atoms with Gasteiger partial charge in [-0.05, 0) is 88.7 Å². The molecule has 8 rings (SSSR count). The van der Waals surface area contributed by atoms with Gasteiger partial charge in [0.2, 0.25) is 0 Å². The molecule has 0 saturated heterocycles. The summed E-state index contributed by atoms with van der Waals surface area (Å²) < 4.78 is 0. The molecule has 8 aromatic carbocycles. The average molecular weight is 637 g/mol. The lowest BCUT2D eigenvalue weighted by Gasteiger charge is -2.20. The molecule has 0 atom stereocenters. The molecule has 0 fully saturated rings. The zero-order valence-corrected chi connectivity index (χ0v) is 27.9. The SMILES string of the molecule is C=Cc1c(C=C)c(-c2ccc(-c3ccc(-c4ccccc4)cc3)cc2)c2ccccc2c1-c1ccc(-c2ccc(-c3ccccc3)cc2)cc1. The molecule has 0 radical (unpaired) electrons. The Labute approximate surface area is 295 Å². The van der Waals surface area contributed by atoms with Crippen LogP contribution >= 0.6 is 0 Å². The van der Waals surface area contributed by atoms with E-state index >= 15 is 0 Å². The summed E-state index contributed by atoms with van der Waals surface area (Å²) in [5, 5.41) is 2.40. The second-order valence-corrected chi connectivity index (χ2v) is 12.6. The van der Waals surface area contributed by atoms with Gasteiger partial charge in [-0.15, -0.1) is 0 Å². The first-order valence-corrected chi connectivity index (χ1v) is 17.1. The smallest absolute Gasteiger partial charge is 0.00266 e. The van der Waals surface area contributed by atoms with Crippen molar-refractivity contribution in [1.29, 1.82) is 0 Å². The third-order valence-corrected chi connectivity index (χ3v) is 9.70. The molecule has 0 unspecified atom stereocenters. The number of fused-ring (bicyclic) bond motifs is 1. The molecule has 0 aliphatic carbocycles. The first kappa shape index (κ1) is 30.8. The highest BCUT2D eigenvalue weighted by molar-refractivity contribution is 6.11. The summed E-state index contributed by atoms with van der Waals surface area (Å²) >= 11 is 0. The minimum absolute atomic E-state index is 1.09. The fourth-order valence-corrected chi connectivity index (χ4v) is 7.15. The van der Waals surface area contributed by atoms with E-state index in [0.717, 1.165) is 22.3 Å². The van der Waals surface area contributed by atoms with Crippen LogP contribution in [0.25, 0.3) is 89.7 Å². The third kappa shape index (κ3) is 5.78. The van der Waals surface area contributed by atoms with Gasteiger partial charge in [0, 0.05) is 0 Å². The third-order valence-electron chi connectivity index (χ3n) is 9.70. The standard InChI is InChI=1S/C50H36/c1-3-45-46(4-2)50(44-33-29-42(30-34-44)40-25-21-38(22-26-40)36-15-9-6-10-16-36)48-18-12-11-17-47(48)49(45)43-31-27-41(28-32-43)39-23-19-37(20-24-39)35-13-7-5-8-14-35/h3-34H,1-2H2. The largest absolute Gasteiger partial charge is 0.0984 e. The predicted octanol–water partition coefficient (Wildman–Crippen LogP) is 14.1. The average Bonchev–Trinajstić information content (AvgIpc) is 3.21. The van der Waals surface area contributed by atoms with Crippen molar-refractivity contribution in [2.45, 2.75) is 0 Å². The highest BCUT2D eigenvalue weighted by Crippen LogP contribution is 2.44. The van der Waals surface area contributed by atoms with Crippen LogP contribution in [0.1, 0.15) is 11.1 Å². The molecule has 0 saturated carbocycles. The van der Waals surface area contributed by atoms with Crippen LogP contribution in [0, 0.1) is 0 Å². The van der Waals surface area contributed by atoms with Crippen LogP contribution in [0.3, 0.4) is 0 Å². The van der Waals surface area contributed by atoms with Gasteiger partial charge in [-0.2, -0.15) is 0 Å². The fourth-order valence-electron chi connectivity index (χ4n) is 7.15. The molecule has 0 aliphatic heterocycles. The van der Waals surface area contributed by atoms with Gasteiger partial charge in [0.25, 0.3) is 0 Å². The number of hydrogen-bond acceptors (Lipinski definition) is 0. The van der Waals surface area contributed by atoms with Crippen LogP contribution in [0.2, 0.25) is 0 Å². The van der Waals surface area contributed by atoms with Gasteiger partial charge in [0.05, 0.1) is 0 Å². The first-order valence-electron chi connectivity index (χ1n) is 17.1. The lowest BCUT2D eigenvalue weighted by Crippen LogP contribution is -1.96. The van der Waals surface area contributed by atoms with Crippen molar-refractivity contribution in [3.63, 3.8) is 0 Å². The van der Waals surface area contributed by atoms with E-state index in [-0.39, 0.29) is 0 Å². The Morgan fingerprint density at radius 3 is 0.720 bits per heavy atom. The van der Waals surface area contributed by atoms with E-state index in [9.17, 15) is 0 Å².